The Morgan fingerprint density at radius 3 is 2.14 bits per heavy atom. The van der Waals surface area contributed by atoms with E-state index in [0.29, 0.717) is 22.9 Å². The van der Waals surface area contributed by atoms with Gasteiger partial charge in [-0.3, -0.25) is 9.69 Å². The summed E-state index contributed by atoms with van der Waals surface area (Å²) in [5, 5.41) is 0.537. The topological polar surface area (TPSA) is 64.8 Å². The van der Waals surface area contributed by atoms with Crippen LogP contribution in [0.15, 0.2) is 78.9 Å². The molecule has 1 saturated heterocycles. The maximum absolute atomic E-state index is 13.2. The molecule has 0 aliphatic carbocycles. The number of nitrogens with two attached hydrogens (primary N) is 1. The van der Waals surface area contributed by atoms with E-state index in [2.05, 4.69) is 18.7 Å². The monoisotopic (exact) mass is 506 g/mol. The lowest BCUT2D eigenvalue weighted by Gasteiger charge is -2.40. The lowest BCUT2D eigenvalue weighted by atomic mass is 9.69. The van der Waals surface area contributed by atoms with E-state index in [4.69, 9.17) is 26.8 Å². The Hall–Kier alpha value is -3.02. The van der Waals surface area contributed by atoms with Gasteiger partial charge in [0.1, 0.15) is 6.10 Å². The van der Waals surface area contributed by atoms with Crippen molar-refractivity contribution < 1.29 is 14.3 Å². The molecule has 1 amide bonds. The Morgan fingerprint density at radius 1 is 0.972 bits per heavy atom. The fourth-order valence-corrected chi connectivity index (χ4v) is 5.54. The first-order chi connectivity index (χ1) is 17.3. The maximum Gasteiger partial charge on any atom is 0.232 e. The first-order valence-electron chi connectivity index (χ1n) is 12.4. The molecule has 1 aliphatic heterocycles. The van der Waals surface area contributed by atoms with Crippen molar-refractivity contribution in [1.82, 2.24) is 4.90 Å². The third-order valence-corrected chi connectivity index (χ3v) is 7.79. The molecular formula is C30H35ClN2O3. The van der Waals surface area contributed by atoms with Crippen molar-refractivity contribution in [3.05, 3.63) is 95.0 Å². The first-order valence-corrected chi connectivity index (χ1v) is 12.8. The second-order valence-electron chi connectivity index (χ2n) is 10.1. The summed E-state index contributed by atoms with van der Waals surface area (Å²) in [5.74, 6) is 0.899. The number of benzene rings is 3. The van der Waals surface area contributed by atoms with E-state index >= 15 is 0 Å². The van der Waals surface area contributed by atoms with Crippen LogP contribution in [-0.4, -0.2) is 42.6 Å². The van der Waals surface area contributed by atoms with E-state index in [0.717, 1.165) is 37.1 Å². The summed E-state index contributed by atoms with van der Waals surface area (Å²) in [5.41, 5.74) is 6.96. The zero-order chi connectivity index (χ0) is 25.8. The number of amides is 1. The van der Waals surface area contributed by atoms with Crippen molar-refractivity contribution in [2.24, 2.45) is 5.73 Å². The van der Waals surface area contributed by atoms with Gasteiger partial charge in [-0.2, -0.15) is 0 Å². The maximum atomic E-state index is 13.2. The second-order valence-corrected chi connectivity index (χ2v) is 10.5. The van der Waals surface area contributed by atoms with Crippen LogP contribution in [0.2, 0.25) is 5.02 Å². The van der Waals surface area contributed by atoms with Crippen LogP contribution in [-0.2, 0) is 10.2 Å². The molecule has 36 heavy (non-hydrogen) atoms. The van der Waals surface area contributed by atoms with Gasteiger partial charge in [0.25, 0.3) is 0 Å². The third kappa shape index (κ3) is 5.23. The van der Waals surface area contributed by atoms with Crippen molar-refractivity contribution in [3.8, 4) is 11.5 Å². The van der Waals surface area contributed by atoms with Crippen molar-refractivity contribution >= 4 is 17.5 Å². The average Bonchev–Trinajstić information content (AvgIpc) is 3.35. The number of halogens is 1. The Kier molecular flexibility index (Phi) is 7.91. The van der Waals surface area contributed by atoms with E-state index in [1.807, 2.05) is 72.8 Å². The van der Waals surface area contributed by atoms with E-state index in [1.165, 1.54) is 0 Å². The summed E-state index contributed by atoms with van der Waals surface area (Å²) in [6.07, 6.45) is 2.32. The van der Waals surface area contributed by atoms with Crippen LogP contribution in [0.3, 0.4) is 0 Å². The summed E-state index contributed by atoms with van der Waals surface area (Å²) in [7, 11) is 1.60. The standard InChI is InChI=1S/C30H35ClN2O3/c1-29(2,33-20-17-24(21-33)36-26-16-10-15-25(31)27(26)35-3)18-19-30(28(32)34,22-11-6-4-7-12-22)23-13-8-5-9-14-23/h4-16,24H,17-21H2,1-3H3,(H2,32,34). The molecule has 190 valence electrons. The average molecular weight is 507 g/mol. The largest absolute Gasteiger partial charge is 0.491 e. The number of methoxy groups -OCH3 is 1. The zero-order valence-corrected chi connectivity index (χ0v) is 22.0. The molecule has 0 spiro atoms. The summed E-state index contributed by atoms with van der Waals surface area (Å²) in [6.45, 7) is 6.15. The van der Waals surface area contributed by atoms with E-state index in [-0.39, 0.29) is 17.6 Å². The van der Waals surface area contributed by atoms with Gasteiger partial charge in [-0.05, 0) is 56.4 Å². The number of rotatable bonds is 10. The highest BCUT2D eigenvalue weighted by Gasteiger charge is 2.43. The fraction of sp³-hybridized carbons (Fsp3) is 0.367. The zero-order valence-electron chi connectivity index (χ0n) is 21.2. The van der Waals surface area contributed by atoms with Crippen molar-refractivity contribution in [3.63, 3.8) is 0 Å². The lowest BCUT2D eigenvalue weighted by molar-refractivity contribution is -0.122. The van der Waals surface area contributed by atoms with Crippen molar-refractivity contribution in [2.45, 2.75) is 50.2 Å². The lowest BCUT2D eigenvalue weighted by Crippen LogP contribution is -2.47. The summed E-state index contributed by atoms with van der Waals surface area (Å²) >= 11 is 6.27. The van der Waals surface area contributed by atoms with E-state index in [9.17, 15) is 4.79 Å². The molecular weight excluding hydrogens is 472 g/mol. The Morgan fingerprint density at radius 2 is 1.58 bits per heavy atom. The molecule has 0 bridgehead atoms. The minimum absolute atomic E-state index is 0.0285. The molecule has 1 aliphatic rings. The quantitative estimate of drug-likeness (QED) is 0.375. The van der Waals surface area contributed by atoms with Crippen molar-refractivity contribution in [1.29, 1.82) is 0 Å². The molecule has 4 rings (SSSR count). The number of likely N-dealkylation sites (tertiary alicyclic amines) is 1. The summed E-state index contributed by atoms with van der Waals surface area (Å²) in [4.78, 5) is 15.6. The van der Waals surface area contributed by atoms with Crippen molar-refractivity contribution in [2.75, 3.05) is 20.2 Å². The summed E-state index contributed by atoms with van der Waals surface area (Å²) < 4.78 is 11.7. The van der Waals surface area contributed by atoms with E-state index < -0.39 is 5.41 Å². The number of primary amides is 1. The molecule has 6 heteroatoms. The predicted octanol–water partition coefficient (Wildman–Crippen LogP) is 5.83. The minimum Gasteiger partial charge on any atom is -0.491 e. The predicted molar refractivity (Wildman–Crippen MR) is 145 cm³/mol. The molecule has 3 aromatic carbocycles. The molecule has 2 N–H and O–H groups in total. The molecule has 1 unspecified atom stereocenters. The van der Waals surface area contributed by atoms with E-state index in [1.54, 1.807) is 13.2 Å². The fourth-order valence-electron chi connectivity index (χ4n) is 5.29. The molecule has 1 atom stereocenters. The minimum atomic E-state index is -0.899. The van der Waals surface area contributed by atoms with Crippen LogP contribution < -0.4 is 15.2 Å². The van der Waals surface area contributed by atoms with Gasteiger partial charge >= 0.3 is 0 Å². The molecule has 5 nitrogen and oxygen atoms in total. The van der Waals surface area contributed by atoms with Gasteiger partial charge in [0.05, 0.1) is 17.5 Å². The summed E-state index contributed by atoms with van der Waals surface area (Å²) in [6, 6.07) is 25.3. The van der Waals surface area contributed by atoms with Gasteiger partial charge in [-0.15, -0.1) is 0 Å². The number of carbonyl (C=O) groups is 1. The van der Waals surface area contributed by atoms with Crippen LogP contribution in [0.1, 0.15) is 44.2 Å². The number of hydrogen-bond donors (Lipinski definition) is 1. The highest BCUT2D eigenvalue weighted by molar-refractivity contribution is 6.32. The number of hydrogen-bond acceptors (Lipinski definition) is 4. The Bertz CT molecular complexity index is 1130. The number of nitrogens with zero attached hydrogens (tertiary/aromatic N) is 1. The Labute approximate surface area is 219 Å². The molecule has 1 fully saturated rings. The second kappa shape index (κ2) is 10.9. The van der Waals surface area contributed by atoms with Crippen LogP contribution in [0.4, 0.5) is 0 Å². The highest BCUT2D eigenvalue weighted by Crippen LogP contribution is 2.41. The highest BCUT2D eigenvalue weighted by atomic mass is 35.5. The molecule has 0 radical (unpaired) electrons. The van der Waals surface area contributed by atoms with Crippen LogP contribution >= 0.6 is 11.6 Å². The number of para-hydroxylation sites is 1. The van der Waals surface area contributed by atoms with Gasteiger partial charge in [-0.1, -0.05) is 78.3 Å². The Balaban J connectivity index is 1.52. The van der Waals surface area contributed by atoms with Gasteiger partial charge in [-0.25, -0.2) is 0 Å². The van der Waals surface area contributed by atoms with Crippen LogP contribution in [0, 0.1) is 0 Å². The third-order valence-electron chi connectivity index (χ3n) is 7.50. The molecule has 0 saturated carbocycles. The smallest absolute Gasteiger partial charge is 0.232 e. The molecule has 3 aromatic rings. The molecule has 0 aromatic heterocycles. The van der Waals surface area contributed by atoms with Gasteiger partial charge in [0.2, 0.25) is 5.91 Å². The van der Waals surface area contributed by atoms with Crippen LogP contribution in [0.5, 0.6) is 11.5 Å². The number of ether oxygens (including phenoxy) is 2. The number of carbonyl (C=O) groups excluding carboxylic acids is 1. The van der Waals surface area contributed by atoms with Crippen LogP contribution in [0.25, 0.3) is 0 Å². The first kappa shape index (κ1) is 26.1. The van der Waals surface area contributed by atoms with Gasteiger partial charge in [0.15, 0.2) is 11.5 Å². The SMILES string of the molecule is COc1c(Cl)cccc1OC1CCN(C(C)(C)CCC(C(N)=O)(c2ccccc2)c2ccccc2)C1. The normalized spacial score (nSPS) is 16.6. The molecule has 1 heterocycles. The van der Waals surface area contributed by atoms with Gasteiger partial charge < -0.3 is 15.2 Å². The van der Waals surface area contributed by atoms with Gasteiger partial charge in [0, 0.05) is 18.6 Å².